The molecule has 0 saturated carbocycles. The smallest absolute Gasteiger partial charge is 0.273 e. The fourth-order valence-electron chi connectivity index (χ4n) is 2.03. The number of aryl methyl sites for hydroxylation is 2. The lowest BCUT2D eigenvalue weighted by molar-refractivity contribution is -0.385. The van der Waals surface area contributed by atoms with Crippen LogP contribution in [0.1, 0.15) is 22.3 Å². The van der Waals surface area contributed by atoms with Crippen molar-refractivity contribution in [1.82, 2.24) is 9.88 Å². The van der Waals surface area contributed by atoms with Crippen LogP contribution in [0.4, 0.5) is 5.69 Å². The molecule has 6 heteroatoms. The Balaban J connectivity index is 1.88. The van der Waals surface area contributed by atoms with E-state index in [-0.39, 0.29) is 11.6 Å². The number of hydrogen-bond donors (Lipinski definition) is 1. The van der Waals surface area contributed by atoms with Gasteiger partial charge in [0.15, 0.2) is 0 Å². The minimum Gasteiger partial charge on any atom is -0.354 e. The number of hydrogen-bond acceptors (Lipinski definition) is 3. The Morgan fingerprint density at radius 1 is 1.33 bits per heavy atom. The van der Waals surface area contributed by atoms with E-state index in [4.69, 9.17) is 0 Å². The van der Waals surface area contributed by atoms with Gasteiger partial charge in [-0.2, -0.15) is 0 Å². The first kappa shape index (κ1) is 14.8. The number of nitrogens with one attached hydrogen (secondary N) is 1. The highest BCUT2D eigenvalue weighted by Crippen LogP contribution is 2.19. The number of aromatic nitrogens is 1. The molecule has 2 aromatic rings. The molecule has 0 atom stereocenters. The Labute approximate surface area is 122 Å². The van der Waals surface area contributed by atoms with E-state index >= 15 is 0 Å². The topological polar surface area (TPSA) is 77.2 Å². The molecule has 1 aromatic heterocycles. The molecule has 0 fully saturated rings. The predicted molar refractivity (Wildman–Crippen MR) is 79.2 cm³/mol. The zero-order valence-corrected chi connectivity index (χ0v) is 11.8. The highest BCUT2D eigenvalue weighted by Gasteiger charge is 2.14. The van der Waals surface area contributed by atoms with Crippen molar-refractivity contribution in [3.05, 3.63) is 64.0 Å². The van der Waals surface area contributed by atoms with Crippen LogP contribution >= 0.6 is 0 Å². The van der Waals surface area contributed by atoms with Crippen LogP contribution in [-0.4, -0.2) is 21.9 Å². The van der Waals surface area contributed by atoms with Gasteiger partial charge in [-0.3, -0.25) is 14.9 Å². The van der Waals surface area contributed by atoms with Crippen LogP contribution in [0.15, 0.2) is 42.7 Å². The van der Waals surface area contributed by atoms with E-state index in [2.05, 4.69) is 5.32 Å². The average molecular weight is 287 g/mol. The van der Waals surface area contributed by atoms with Crippen LogP contribution in [-0.2, 0) is 6.54 Å². The average Bonchev–Trinajstić information content (AvgIpc) is 2.96. The van der Waals surface area contributed by atoms with E-state index in [1.54, 1.807) is 19.1 Å². The van der Waals surface area contributed by atoms with Gasteiger partial charge in [0.2, 0.25) is 0 Å². The van der Waals surface area contributed by atoms with Gasteiger partial charge in [0.1, 0.15) is 0 Å². The molecule has 0 spiro atoms. The molecule has 1 amide bonds. The summed E-state index contributed by atoms with van der Waals surface area (Å²) in [5, 5.41) is 13.6. The summed E-state index contributed by atoms with van der Waals surface area (Å²) in [5.74, 6) is -0.286. The minimum absolute atomic E-state index is 0.0324. The van der Waals surface area contributed by atoms with Crippen LogP contribution in [0.5, 0.6) is 0 Å². The number of nitrogens with zero attached hydrogens (tertiary/aromatic N) is 2. The van der Waals surface area contributed by atoms with Crippen LogP contribution in [0.25, 0.3) is 0 Å². The third-order valence-electron chi connectivity index (χ3n) is 3.21. The number of rotatable bonds is 6. The summed E-state index contributed by atoms with van der Waals surface area (Å²) >= 11 is 0. The fraction of sp³-hybridized carbons (Fsp3) is 0.267. The SMILES string of the molecule is Cc1ccc(C(=O)NCCCn2cccc2)cc1[N+](=O)[O-]. The number of nitro benzene ring substituents is 1. The number of nitro groups is 1. The van der Waals surface area contributed by atoms with Gasteiger partial charge in [-0.15, -0.1) is 0 Å². The number of carbonyl (C=O) groups excluding carboxylic acids is 1. The molecule has 0 bridgehead atoms. The molecule has 0 unspecified atom stereocenters. The quantitative estimate of drug-likeness (QED) is 0.504. The van der Waals surface area contributed by atoms with E-state index in [0.717, 1.165) is 13.0 Å². The Morgan fingerprint density at radius 2 is 2.05 bits per heavy atom. The van der Waals surface area contributed by atoms with E-state index in [9.17, 15) is 14.9 Å². The number of amides is 1. The standard InChI is InChI=1S/C15H17N3O3/c1-12-5-6-13(11-14(12)18(20)21)15(19)16-7-4-10-17-8-2-3-9-17/h2-3,5-6,8-9,11H,4,7,10H2,1H3,(H,16,19). The van der Waals surface area contributed by atoms with Crippen molar-refractivity contribution in [2.45, 2.75) is 19.9 Å². The Hall–Kier alpha value is -2.63. The molecule has 0 aliphatic carbocycles. The summed E-state index contributed by atoms with van der Waals surface area (Å²) in [4.78, 5) is 22.3. The molecule has 6 nitrogen and oxygen atoms in total. The van der Waals surface area contributed by atoms with Crippen LogP contribution < -0.4 is 5.32 Å². The maximum Gasteiger partial charge on any atom is 0.273 e. The van der Waals surface area contributed by atoms with Crippen molar-refractivity contribution in [3.63, 3.8) is 0 Å². The van der Waals surface area contributed by atoms with E-state index < -0.39 is 4.92 Å². The van der Waals surface area contributed by atoms with Crippen LogP contribution in [0.2, 0.25) is 0 Å². The lowest BCUT2D eigenvalue weighted by Gasteiger charge is -2.06. The molecule has 1 aromatic carbocycles. The summed E-state index contributed by atoms with van der Waals surface area (Å²) in [6, 6.07) is 8.40. The second kappa shape index (κ2) is 6.69. The third-order valence-corrected chi connectivity index (χ3v) is 3.21. The maximum absolute atomic E-state index is 12.0. The van der Waals surface area contributed by atoms with Gasteiger partial charge in [-0.05, 0) is 31.5 Å². The molecule has 2 rings (SSSR count). The second-order valence-corrected chi connectivity index (χ2v) is 4.79. The lowest BCUT2D eigenvalue weighted by Crippen LogP contribution is -2.25. The highest BCUT2D eigenvalue weighted by molar-refractivity contribution is 5.94. The highest BCUT2D eigenvalue weighted by atomic mass is 16.6. The maximum atomic E-state index is 12.0. The molecule has 0 radical (unpaired) electrons. The molecule has 1 heterocycles. The molecule has 110 valence electrons. The zero-order valence-electron chi connectivity index (χ0n) is 11.8. The first-order chi connectivity index (χ1) is 10.1. The van der Waals surface area contributed by atoms with Gasteiger partial charge >= 0.3 is 0 Å². The van der Waals surface area contributed by atoms with Gasteiger partial charge < -0.3 is 9.88 Å². The van der Waals surface area contributed by atoms with Gasteiger partial charge in [-0.1, -0.05) is 6.07 Å². The van der Waals surface area contributed by atoms with Crippen LogP contribution in [0.3, 0.4) is 0 Å². The summed E-state index contributed by atoms with van der Waals surface area (Å²) < 4.78 is 2.03. The summed E-state index contributed by atoms with van der Waals surface area (Å²) in [6.07, 6.45) is 4.73. The molecule has 0 aliphatic rings. The van der Waals surface area contributed by atoms with Gasteiger partial charge in [0.25, 0.3) is 11.6 Å². The summed E-state index contributed by atoms with van der Waals surface area (Å²) in [7, 11) is 0. The normalized spacial score (nSPS) is 10.3. The van der Waals surface area contributed by atoms with Gasteiger partial charge in [-0.25, -0.2) is 0 Å². The largest absolute Gasteiger partial charge is 0.354 e. The van der Waals surface area contributed by atoms with E-state index in [1.807, 2.05) is 29.1 Å². The first-order valence-corrected chi connectivity index (χ1v) is 6.72. The van der Waals surface area contributed by atoms with Crippen molar-refractivity contribution in [2.24, 2.45) is 0 Å². The number of carbonyl (C=O) groups is 1. The van der Waals surface area contributed by atoms with Crippen molar-refractivity contribution in [2.75, 3.05) is 6.54 Å². The predicted octanol–water partition coefficient (Wildman–Crippen LogP) is 2.52. The van der Waals surface area contributed by atoms with Crippen molar-refractivity contribution < 1.29 is 9.72 Å². The van der Waals surface area contributed by atoms with E-state index in [1.165, 1.54) is 6.07 Å². The fourth-order valence-corrected chi connectivity index (χ4v) is 2.03. The first-order valence-electron chi connectivity index (χ1n) is 6.72. The monoisotopic (exact) mass is 287 g/mol. The summed E-state index contributed by atoms with van der Waals surface area (Å²) in [5.41, 5.74) is 0.826. The molecule has 21 heavy (non-hydrogen) atoms. The zero-order chi connectivity index (χ0) is 15.2. The summed E-state index contributed by atoms with van der Waals surface area (Å²) in [6.45, 7) is 3.00. The molecular weight excluding hydrogens is 270 g/mol. The van der Waals surface area contributed by atoms with Gasteiger partial charge in [0.05, 0.1) is 4.92 Å². The van der Waals surface area contributed by atoms with Gasteiger partial charge in [0, 0.05) is 42.7 Å². The second-order valence-electron chi connectivity index (χ2n) is 4.79. The van der Waals surface area contributed by atoms with Crippen molar-refractivity contribution >= 4 is 11.6 Å². The molecule has 1 N–H and O–H groups in total. The molecular formula is C15H17N3O3. The van der Waals surface area contributed by atoms with E-state index in [0.29, 0.717) is 17.7 Å². The Kier molecular flexibility index (Phi) is 4.71. The molecule has 0 saturated heterocycles. The van der Waals surface area contributed by atoms with Crippen LogP contribution in [0, 0.1) is 17.0 Å². The third kappa shape index (κ3) is 3.92. The van der Waals surface area contributed by atoms with Crippen molar-refractivity contribution in [3.8, 4) is 0 Å². The van der Waals surface area contributed by atoms with Crippen molar-refractivity contribution in [1.29, 1.82) is 0 Å². The number of benzene rings is 1. The Bertz CT molecular complexity index is 636. The molecule has 0 aliphatic heterocycles. The Morgan fingerprint density at radius 3 is 2.71 bits per heavy atom. The minimum atomic E-state index is -0.474. The lowest BCUT2D eigenvalue weighted by atomic mass is 10.1.